The third-order valence-electron chi connectivity index (χ3n) is 3.81. The topological polar surface area (TPSA) is 107 Å². The van der Waals surface area contributed by atoms with Gasteiger partial charge in [-0.3, -0.25) is 9.59 Å². The number of carbonyl (C=O) groups is 1. The molecular formula is C18H15Cl2N3O4. The van der Waals surface area contributed by atoms with Crippen molar-refractivity contribution in [3.05, 3.63) is 68.6 Å². The Morgan fingerprint density at radius 1 is 1.22 bits per heavy atom. The molecule has 0 aliphatic rings. The van der Waals surface area contributed by atoms with Gasteiger partial charge in [-0.15, -0.1) is 0 Å². The van der Waals surface area contributed by atoms with Gasteiger partial charge in [0.25, 0.3) is 11.5 Å². The molecule has 0 aliphatic carbocycles. The average Bonchev–Trinajstić information content (AvgIpc) is 2.63. The van der Waals surface area contributed by atoms with Gasteiger partial charge < -0.3 is 15.6 Å². The fourth-order valence-corrected chi connectivity index (χ4v) is 3.03. The molecule has 1 heterocycles. The first-order valence-corrected chi connectivity index (χ1v) is 8.68. The highest BCUT2D eigenvalue weighted by Gasteiger charge is 2.17. The fourth-order valence-electron chi connectivity index (χ4n) is 2.57. The minimum atomic E-state index is -1.08. The molecule has 1 aromatic heterocycles. The number of aromatic nitrogens is 2. The summed E-state index contributed by atoms with van der Waals surface area (Å²) >= 11 is 11.8. The van der Waals surface area contributed by atoms with Gasteiger partial charge in [0.15, 0.2) is 5.69 Å². The van der Waals surface area contributed by atoms with E-state index in [-0.39, 0.29) is 24.2 Å². The maximum absolute atomic E-state index is 12.6. The first-order valence-electron chi connectivity index (χ1n) is 7.92. The molecule has 1 unspecified atom stereocenters. The zero-order valence-corrected chi connectivity index (χ0v) is 15.4. The van der Waals surface area contributed by atoms with E-state index >= 15 is 0 Å². The second-order valence-corrected chi connectivity index (χ2v) is 6.63. The summed E-state index contributed by atoms with van der Waals surface area (Å²) < 4.78 is 6.46. The number of fused-ring (bicyclic) bond motifs is 1. The third-order valence-corrected chi connectivity index (χ3v) is 4.34. The Morgan fingerprint density at radius 2 is 1.93 bits per heavy atom. The molecule has 3 N–H and O–H groups in total. The zero-order chi connectivity index (χ0) is 19.6. The van der Waals surface area contributed by atoms with Gasteiger partial charge in [0.1, 0.15) is 18.5 Å². The Labute approximate surface area is 163 Å². The first kappa shape index (κ1) is 19.2. The molecule has 7 nitrogen and oxygen atoms in total. The van der Waals surface area contributed by atoms with Crippen molar-refractivity contribution in [1.82, 2.24) is 9.78 Å². The van der Waals surface area contributed by atoms with E-state index in [1.54, 1.807) is 36.4 Å². The Bertz CT molecular complexity index is 1070. The summed E-state index contributed by atoms with van der Waals surface area (Å²) in [5.41, 5.74) is 4.88. The number of hydrogen-bond donors (Lipinski definition) is 2. The number of primary amides is 1. The lowest BCUT2D eigenvalue weighted by Crippen LogP contribution is -2.34. The summed E-state index contributed by atoms with van der Waals surface area (Å²) in [5, 5.41) is 15.6. The van der Waals surface area contributed by atoms with Crippen LogP contribution in [0.15, 0.2) is 47.3 Å². The lowest BCUT2D eigenvalue weighted by molar-refractivity contribution is 0.0871. The van der Waals surface area contributed by atoms with Gasteiger partial charge in [-0.05, 0) is 24.3 Å². The summed E-state index contributed by atoms with van der Waals surface area (Å²) in [6.45, 7) is -0.330. The molecule has 140 valence electrons. The van der Waals surface area contributed by atoms with Crippen LogP contribution in [0.25, 0.3) is 10.8 Å². The summed E-state index contributed by atoms with van der Waals surface area (Å²) in [6.07, 6.45) is -1.08. The van der Waals surface area contributed by atoms with E-state index in [9.17, 15) is 14.7 Å². The molecule has 27 heavy (non-hydrogen) atoms. The van der Waals surface area contributed by atoms with Crippen LogP contribution in [0.5, 0.6) is 5.75 Å². The number of benzene rings is 2. The smallest absolute Gasteiger partial charge is 0.274 e. The number of aliphatic hydroxyl groups excluding tert-OH is 1. The van der Waals surface area contributed by atoms with Gasteiger partial charge in [-0.25, -0.2) is 4.68 Å². The number of aliphatic hydroxyl groups is 1. The third kappa shape index (κ3) is 4.21. The van der Waals surface area contributed by atoms with Gasteiger partial charge in [0, 0.05) is 10.4 Å². The van der Waals surface area contributed by atoms with Gasteiger partial charge in [0.05, 0.1) is 17.0 Å². The Morgan fingerprint density at radius 3 is 2.59 bits per heavy atom. The number of amides is 1. The summed E-state index contributed by atoms with van der Waals surface area (Å²) in [7, 11) is 0. The number of rotatable bonds is 6. The van der Waals surface area contributed by atoms with Crippen LogP contribution >= 0.6 is 23.2 Å². The van der Waals surface area contributed by atoms with E-state index in [2.05, 4.69) is 5.10 Å². The van der Waals surface area contributed by atoms with Gasteiger partial charge >= 0.3 is 0 Å². The molecule has 3 rings (SSSR count). The van der Waals surface area contributed by atoms with Crippen LogP contribution in [0.2, 0.25) is 10.0 Å². The van der Waals surface area contributed by atoms with E-state index in [1.165, 1.54) is 6.07 Å². The quantitative estimate of drug-likeness (QED) is 0.651. The highest BCUT2D eigenvalue weighted by atomic mass is 35.5. The van der Waals surface area contributed by atoms with Crippen LogP contribution in [0.4, 0.5) is 0 Å². The van der Waals surface area contributed by atoms with Crippen LogP contribution in [0.3, 0.4) is 0 Å². The molecule has 0 spiro atoms. The average molecular weight is 408 g/mol. The molecule has 9 heteroatoms. The van der Waals surface area contributed by atoms with E-state index in [1.807, 2.05) is 0 Å². The van der Waals surface area contributed by atoms with E-state index in [0.29, 0.717) is 21.2 Å². The Balaban J connectivity index is 1.82. The Hall–Kier alpha value is -2.61. The monoisotopic (exact) mass is 407 g/mol. The highest BCUT2D eigenvalue weighted by Crippen LogP contribution is 2.27. The van der Waals surface area contributed by atoms with Crippen LogP contribution in [-0.2, 0) is 6.54 Å². The first-order chi connectivity index (χ1) is 12.9. The van der Waals surface area contributed by atoms with Gasteiger partial charge in [0.2, 0.25) is 0 Å². The minimum Gasteiger partial charge on any atom is -0.489 e. The van der Waals surface area contributed by atoms with Gasteiger partial charge in [-0.1, -0.05) is 41.4 Å². The van der Waals surface area contributed by atoms with Crippen molar-refractivity contribution in [2.75, 3.05) is 6.61 Å². The molecular weight excluding hydrogens is 393 g/mol. The highest BCUT2D eigenvalue weighted by molar-refractivity contribution is 6.35. The number of halogens is 2. The molecule has 0 saturated carbocycles. The van der Waals surface area contributed by atoms with Crippen LogP contribution < -0.4 is 16.0 Å². The molecule has 1 atom stereocenters. The zero-order valence-electron chi connectivity index (χ0n) is 13.9. The maximum atomic E-state index is 12.6. The molecule has 0 aliphatic heterocycles. The normalized spacial score (nSPS) is 12.1. The van der Waals surface area contributed by atoms with Crippen molar-refractivity contribution in [3.8, 4) is 5.75 Å². The lowest BCUT2D eigenvalue weighted by Gasteiger charge is -2.15. The van der Waals surface area contributed by atoms with Crippen molar-refractivity contribution < 1.29 is 14.6 Å². The molecule has 3 aromatic rings. The molecule has 0 radical (unpaired) electrons. The lowest BCUT2D eigenvalue weighted by atomic mass is 10.1. The number of nitrogens with two attached hydrogens (primary N) is 1. The fraction of sp³-hybridized carbons (Fsp3) is 0.167. The van der Waals surface area contributed by atoms with Crippen molar-refractivity contribution >= 4 is 39.9 Å². The molecule has 0 bridgehead atoms. The van der Waals surface area contributed by atoms with Crippen LogP contribution in [0, 0.1) is 0 Å². The van der Waals surface area contributed by atoms with E-state index in [4.69, 9.17) is 33.7 Å². The summed E-state index contributed by atoms with van der Waals surface area (Å²) in [4.78, 5) is 24.2. The van der Waals surface area contributed by atoms with Crippen molar-refractivity contribution in [2.45, 2.75) is 12.6 Å². The number of ether oxygens (including phenoxy) is 1. The number of hydrogen-bond acceptors (Lipinski definition) is 5. The maximum Gasteiger partial charge on any atom is 0.274 e. The molecule has 0 fully saturated rings. The second kappa shape index (κ2) is 7.96. The van der Waals surface area contributed by atoms with E-state index in [0.717, 1.165) is 4.68 Å². The van der Waals surface area contributed by atoms with Crippen molar-refractivity contribution in [2.24, 2.45) is 5.73 Å². The minimum absolute atomic E-state index is 0.0425. The standard InChI is InChI=1S/C18H15Cl2N3O4/c19-10-5-6-15(14(20)7-10)27-9-11(24)8-23-18(26)13-4-2-1-3-12(13)16(22-23)17(21)25/h1-7,11,24H,8-9H2,(H2,21,25). The summed E-state index contributed by atoms with van der Waals surface area (Å²) in [6, 6.07) is 11.2. The predicted octanol–water partition coefficient (Wildman–Crippen LogP) is 2.24. The summed E-state index contributed by atoms with van der Waals surface area (Å²) in [5.74, 6) is -0.421. The molecule has 2 aromatic carbocycles. The Kier molecular flexibility index (Phi) is 5.65. The second-order valence-electron chi connectivity index (χ2n) is 5.79. The van der Waals surface area contributed by atoms with Crippen LogP contribution in [0.1, 0.15) is 10.5 Å². The predicted molar refractivity (Wildman–Crippen MR) is 102 cm³/mol. The molecule has 0 saturated heterocycles. The van der Waals surface area contributed by atoms with Gasteiger partial charge in [-0.2, -0.15) is 5.10 Å². The molecule has 1 amide bonds. The van der Waals surface area contributed by atoms with Crippen molar-refractivity contribution in [3.63, 3.8) is 0 Å². The van der Waals surface area contributed by atoms with E-state index < -0.39 is 17.6 Å². The van der Waals surface area contributed by atoms with Crippen molar-refractivity contribution in [1.29, 1.82) is 0 Å². The SMILES string of the molecule is NC(=O)c1nn(CC(O)COc2ccc(Cl)cc2Cl)c(=O)c2ccccc12. The number of carbonyl (C=O) groups excluding carboxylic acids is 1. The number of nitrogens with zero attached hydrogens (tertiary/aromatic N) is 2. The largest absolute Gasteiger partial charge is 0.489 e. The van der Waals surface area contributed by atoms with Crippen LogP contribution in [-0.4, -0.2) is 33.5 Å².